The zero-order chi connectivity index (χ0) is 13.7. The van der Waals surface area contributed by atoms with Crippen molar-refractivity contribution < 1.29 is 14.0 Å². The molecule has 2 rings (SSSR count). The second-order valence-corrected chi connectivity index (χ2v) is 3.75. The first-order valence-electron chi connectivity index (χ1n) is 6.21. The van der Waals surface area contributed by atoms with Crippen LogP contribution in [0.25, 0.3) is 11.5 Å². The summed E-state index contributed by atoms with van der Waals surface area (Å²) in [6, 6.07) is 5.50. The van der Waals surface area contributed by atoms with E-state index in [4.69, 9.17) is 19.7 Å². The Morgan fingerprint density at radius 2 is 1.89 bits per heavy atom. The predicted octanol–water partition coefficient (Wildman–Crippen LogP) is 1.99. The van der Waals surface area contributed by atoms with Crippen molar-refractivity contribution in [3.8, 4) is 23.0 Å². The molecule has 6 nitrogen and oxygen atoms in total. The molecular weight excluding hydrogens is 246 g/mol. The first-order valence-corrected chi connectivity index (χ1v) is 6.21. The van der Waals surface area contributed by atoms with Gasteiger partial charge in [0.15, 0.2) is 17.3 Å². The fourth-order valence-corrected chi connectivity index (χ4v) is 1.64. The fourth-order valence-electron chi connectivity index (χ4n) is 1.64. The van der Waals surface area contributed by atoms with Crippen molar-refractivity contribution in [3.63, 3.8) is 0 Å². The summed E-state index contributed by atoms with van der Waals surface area (Å²) < 4.78 is 16.2. The molecule has 1 aromatic heterocycles. The molecule has 2 N–H and O–H groups in total. The van der Waals surface area contributed by atoms with E-state index in [1.54, 1.807) is 0 Å². The maximum absolute atomic E-state index is 5.55. The van der Waals surface area contributed by atoms with E-state index in [9.17, 15) is 0 Å². The SMILES string of the molecule is CCOc1ccc(-c2nc(CN)no2)cc1OCC. The maximum Gasteiger partial charge on any atom is 0.258 e. The smallest absolute Gasteiger partial charge is 0.258 e. The van der Waals surface area contributed by atoms with E-state index in [2.05, 4.69) is 10.1 Å². The summed E-state index contributed by atoms with van der Waals surface area (Å²) in [5, 5.41) is 3.76. The van der Waals surface area contributed by atoms with Crippen LogP contribution in [0.15, 0.2) is 22.7 Å². The Balaban J connectivity index is 2.33. The van der Waals surface area contributed by atoms with Crippen molar-refractivity contribution in [2.24, 2.45) is 5.73 Å². The van der Waals surface area contributed by atoms with Crippen LogP contribution in [0.2, 0.25) is 0 Å². The Bertz CT molecular complexity index is 540. The Hall–Kier alpha value is -2.08. The van der Waals surface area contributed by atoms with Crippen LogP contribution in [0.4, 0.5) is 0 Å². The third kappa shape index (κ3) is 3.03. The molecule has 19 heavy (non-hydrogen) atoms. The van der Waals surface area contributed by atoms with Gasteiger partial charge in [0.05, 0.1) is 19.8 Å². The van der Waals surface area contributed by atoms with Crippen LogP contribution in [0.3, 0.4) is 0 Å². The molecule has 0 spiro atoms. The molecule has 102 valence electrons. The number of benzene rings is 1. The van der Waals surface area contributed by atoms with Crippen LogP contribution < -0.4 is 15.2 Å². The van der Waals surface area contributed by atoms with E-state index in [0.29, 0.717) is 36.4 Å². The molecule has 2 aromatic rings. The van der Waals surface area contributed by atoms with E-state index in [1.807, 2.05) is 32.0 Å². The Morgan fingerprint density at radius 1 is 1.16 bits per heavy atom. The van der Waals surface area contributed by atoms with Crippen molar-refractivity contribution in [1.82, 2.24) is 10.1 Å². The van der Waals surface area contributed by atoms with Crippen LogP contribution in [0, 0.1) is 0 Å². The summed E-state index contributed by atoms with van der Waals surface area (Å²) in [5.41, 5.74) is 6.23. The second kappa shape index (κ2) is 6.19. The first kappa shape index (κ1) is 13.4. The van der Waals surface area contributed by atoms with Gasteiger partial charge in [0.2, 0.25) is 0 Å². The van der Waals surface area contributed by atoms with Gasteiger partial charge in [0, 0.05) is 5.56 Å². The van der Waals surface area contributed by atoms with Crippen molar-refractivity contribution >= 4 is 0 Å². The zero-order valence-electron chi connectivity index (χ0n) is 11.0. The highest BCUT2D eigenvalue weighted by Gasteiger charge is 2.12. The van der Waals surface area contributed by atoms with Gasteiger partial charge in [-0.3, -0.25) is 0 Å². The molecule has 0 fully saturated rings. The van der Waals surface area contributed by atoms with Gasteiger partial charge in [-0.05, 0) is 32.0 Å². The van der Waals surface area contributed by atoms with Gasteiger partial charge in [-0.25, -0.2) is 0 Å². The zero-order valence-corrected chi connectivity index (χ0v) is 11.0. The number of nitrogens with two attached hydrogens (primary N) is 1. The van der Waals surface area contributed by atoms with E-state index >= 15 is 0 Å². The molecule has 0 bridgehead atoms. The topological polar surface area (TPSA) is 83.4 Å². The van der Waals surface area contributed by atoms with E-state index in [1.165, 1.54) is 0 Å². The number of hydrogen-bond donors (Lipinski definition) is 1. The summed E-state index contributed by atoms with van der Waals surface area (Å²) in [4.78, 5) is 4.18. The lowest BCUT2D eigenvalue weighted by molar-refractivity contribution is 0.288. The van der Waals surface area contributed by atoms with Crippen molar-refractivity contribution in [3.05, 3.63) is 24.0 Å². The van der Waals surface area contributed by atoms with Crippen LogP contribution >= 0.6 is 0 Å². The van der Waals surface area contributed by atoms with Gasteiger partial charge in [-0.15, -0.1) is 0 Å². The Labute approximate surface area is 111 Å². The van der Waals surface area contributed by atoms with Crippen LogP contribution in [0.1, 0.15) is 19.7 Å². The average Bonchev–Trinajstić information content (AvgIpc) is 2.90. The third-order valence-corrected chi connectivity index (χ3v) is 2.44. The number of rotatable bonds is 6. The van der Waals surface area contributed by atoms with Crippen LogP contribution in [-0.4, -0.2) is 23.4 Å². The lowest BCUT2D eigenvalue weighted by atomic mass is 10.2. The summed E-state index contributed by atoms with van der Waals surface area (Å²) in [6.45, 7) is 5.23. The summed E-state index contributed by atoms with van der Waals surface area (Å²) in [6.07, 6.45) is 0. The minimum atomic E-state index is 0.249. The molecule has 0 aliphatic heterocycles. The Morgan fingerprint density at radius 3 is 2.53 bits per heavy atom. The summed E-state index contributed by atoms with van der Waals surface area (Å²) in [7, 11) is 0. The summed E-state index contributed by atoms with van der Waals surface area (Å²) >= 11 is 0. The van der Waals surface area contributed by atoms with Crippen molar-refractivity contribution in [2.75, 3.05) is 13.2 Å². The highest BCUT2D eigenvalue weighted by molar-refractivity contribution is 5.59. The van der Waals surface area contributed by atoms with Crippen molar-refractivity contribution in [1.29, 1.82) is 0 Å². The van der Waals surface area contributed by atoms with Crippen molar-refractivity contribution in [2.45, 2.75) is 20.4 Å². The molecule has 6 heteroatoms. The minimum Gasteiger partial charge on any atom is -0.490 e. The quantitative estimate of drug-likeness (QED) is 0.858. The third-order valence-electron chi connectivity index (χ3n) is 2.44. The maximum atomic E-state index is 5.55. The monoisotopic (exact) mass is 263 g/mol. The molecule has 0 radical (unpaired) electrons. The van der Waals surface area contributed by atoms with Crippen LogP contribution in [0.5, 0.6) is 11.5 Å². The van der Waals surface area contributed by atoms with E-state index in [0.717, 1.165) is 5.56 Å². The number of aromatic nitrogens is 2. The molecule has 0 amide bonds. The average molecular weight is 263 g/mol. The minimum absolute atomic E-state index is 0.249. The van der Waals surface area contributed by atoms with Gasteiger partial charge in [0.25, 0.3) is 5.89 Å². The Kier molecular flexibility index (Phi) is 4.35. The highest BCUT2D eigenvalue weighted by atomic mass is 16.5. The molecule has 1 heterocycles. The normalized spacial score (nSPS) is 10.5. The molecular formula is C13H17N3O3. The molecule has 0 saturated heterocycles. The largest absolute Gasteiger partial charge is 0.490 e. The van der Waals surface area contributed by atoms with Gasteiger partial charge in [-0.1, -0.05) is 5.16 Å². The van der Waals surface area contributed by atoms with Gasteiger partial charge >= 0.3 is 0 Å². The molecule has 0 aliphatic carbocycles. The predicted molar refractivity (Wildman–Crippen MR) is 70.0 cm³/mol. The van der Waals surface area contributed by atoms with E-state index < -0.39 is 0 Å². The second-order valence-electron chi connectivity index (χ2n) is 3.75. The number of hydrogen-bond acceptors (Lipinski definition) is 6. The molecule has 0 aliphatic rings. The molecule has 0 unspecified atom stereocenters. The lowest BCUT2D eigenvalue weighted by Gasteiger charge is -2.11. The fraction of sp³-hybridized carbons (Fsp3) is 0.385. The molecule has 0 atom stereocenters. The number of ether oxygens (including phenoxy) is 2. The molecule has 0 saturated carbocycles. The van der Waals surface area contributed by atoms with Gasteiger partial charge < -0.3 is 19.7 Å². The van der Waals surface area contributed by atoms with Gasteiger partial charge in [0.1, 0.15) is 0 Å². The summed E-state index contributed by atoms with van der Waals surface area (Å²) in [5.74, 6) is 2.26. The molecule has 1 aromatic carbocycles. The lowest BCUT2D eigenvalue weighted by Crippen LogP contribution is -1.99. The highest BCUT2D eigenvalue weighted by Crippen LogP contribution is 2.32. The van der Waals surface area contributed by atoms with E-state index in [-0.39, 0.29) is 6.54 Å². The standard InChI is InChI=1S/C13H17N3O3/c1-3-17-10-6-5-9(7-11(10)18-4-2)13-15-12(8-14)16-19-13/h5-7H,3-4,8,14H2,1-2H3. The first-order chi connectivity index (χ1) is 9.28. The van der Waals surface area contributed by atoms with Crippen LogP contribution in [-0.2, 0) is 6.54 Å². The van der Waals surface area contributed by atoms with Gasteiger partial charge in [-0.2, -0.15) is 4.98 Å². The number of nitrogens with zero attached hydrogens (tertiary/aromatic N) is 2.